The van der Waals surface area contributed by atoms with E-state index in [0.29, 0.717) is 25.0 Å². The average Bonchev–Trinajstić information content (AvgIpc) is 2.72. The standard InChI is InChI=1S/C24H29NO4S/c1-4-5-10-30-23-14-19(9-7-17(23)3)21-13-20(24(26)29-15-21)11-18-8-6-16(2)22(12-18)25(27)28/h6-9,12,14,20-21H,4-5,10-11,13,15H2,1-3H3/t20?,21-/m1/s1. The number of nitrogens with zero attached hydrogens (tertiary/aromatic N) is 1. The van der Waals surface area contributed by atoms with Gasteiger partial charge in [-0.3, -0.25) is 14.9 Å². The molecular weight excluding hydrogens is 398 g/mol. The number of ether oxygens (including phenoxy) is 1. The molecule has 1 aliphatic heterocycles. The van der Waals surface area contributed by atoms with Gasteiger partial charge in [0.15, 0.2) is 0 Å². The molecule has 0 bridgehead atoms. The first-order valence-corrected chi connectivity index (χ1v) is 11.5. The molecule has 0 saturated carbocycles. The Bertz CT molecular complexity index is 927. The second-order valence-corrected chi connectivity index (χ2v) is 9.21. The summed E-state index contributed by atoms with van der Waals surface area (Å²) in [6.07, 6.45) is 3.53. The Balaban J connectivity index is 1.74. The summed E-state index contributed by atoms with van der Waals surface area (Å²) in [4.78, 5) is 24.6. The van der Waals surface area contributed by atoms with Crippen LogP contribution in [0, 0.1) is 29.9 Å². The molecule has 0 amide bonds. The number of thioether (sulfide) groups is 1. The zero-order valence-corrected chi connectivity index (χ0v) is 18.7. The molecule has 0 aromatic heterocycles. The number of nitro groups is 1. The lowest BCUT2D eigenvalue weighted by atomic mass is 9.84. The summed E-state index contributed by atoms with van der Waals surface area (Å²) in [6.45, 7) is 6.45. The van der Waals surface area contributed by atoms with Crippen LogP contribution in [0.4, 0.5) is 5.69 Å². The normalized spacial score (nSPS) is 18.8. The summed E-state index contributed by atoms with van der Waals surface area (Å²) in [5.41, 5.74) is 4.00. The van der Waals surface area contributed by atoms with Gasteiger partial charge in [0.2, 0.25) is 0 Å². The van der Waals surface area contributed by atoms with E-state index < -0.39 is 0 Å². The second kappa shape index (κ2) is 10.1. The predicted molar refractivity (Wildman–Crippen MR) is 120 cm³/mol. The van der Waals surface area contributed by atoms with Gasteiger partial charge in [0, 0.05) is 22.4 Å². The predicted octanol–water partition coefficient (Wildman–Crippen LogP) is 5.99. The van der Waals surface area contributed by atoms with Crippen molar-refractivity contribution in [1.29, 1.82) is 0 Å². The second-order valence-electron chi connectivity index (χ2n) is 8.07. The average molecular weight is 428 g/mol. The maximum Gasteiger partial charge on any atom is 0.309 e. The van der Waals surface area contributed by atoms with Crippen LogP contribution < -0.4 is 0 Å². The Labute approximate surface area is 182 Å². The SMILES string of the molecule is CCCCSc1cc([C@H]2COC(=O)C(Cc3ccc(C)c([N+](=O)[O-])c3)C2)ccc1C. The van der Waals surface area contributed by atoms with Gasteiger partial charge in [-0.05, 0) is 61.6 Å². The van der Waals surface area contributed by atoms with Crippen molar-refractivity contribution < 1.29 is 14.5 Å². The quantitative estimate of drug-likeness (QED) is 0.170. The minimum Gasteiger partial charge on any atom is -0.465 e. The van der Waals surface area contributed by atoms with Crippen molar-refractivity contribution in [2.24, 2.45) is 5.92 Å². The van der Waals surface area contributed by atoms with Crippen molar-refractivity contribution in [3.8, 4) is 0 Å². The van der Waals surface area contributed by atoms with E-state index >= 15 is 0 Å². The van der Waals surface area contributed by atoms with Crippen LogP contribution in [0.15, 0.2) is 41.3 Å². The Morgan fingerprint density at radius 2 is 1.93 bits per heavy atom. The fraction of sp³-hybridized carbons (Fsp3) is 0.458. The number of rotatable bonds is 8. The summed E-state index contributed by atoms with van der Waals surface area (Å²) in [5, 5.41) is 11.2. The lowest BCUT2D eigenvalue weighted by molar-refractivity contribution is -0.385. The Hall–Kier alpha value is -2.34. The lowest BCUT2D eigenvalue weighted by Gasteiger charge is -2.29. The van der Waals surface area contributed by atoms with Crippen molar-refractivity contribution >= 4 is 23.4 Å². The van der Waals surface area contributed by atoms with Gasteiger partial charge in [0.25, 0.3) is 5.69 Å². The molecule has 3 rings (SSSR count). The molecule has 1 fully saturated rings. The molecule has 2 atom stereocenters. The lowest BCUT2D eigenvalue weighted by Crippen LogP contribution is -2.31. The molecule has 0 aliphatic carbocycles. The molecule has 6 heteroatoms. The minimum atomic E-state index is -0.370. The van der Waals surface area contributed by atoms with Crippen LogP contribution in [0.1, 0.15) is 54.4 Å². The number of carbonyl (C=O) groups excluding carboxylic acids is 1. The minimum absolute atomic E-state index is 0.0977. The van der Waals surface area contributed by atoms with E-state index in [0.717, 1.165) is 11.3 Å². The summed E-state index contributed by atoms with van der Waals surface area (Å²) in [7, 11) is 0. The monoisotopic (exact) mass is 427 g/mol. The van der Waals surface area contributed by atoms with Crippen molar-refractivity contribution in [2.75, 3.05) is 12.4 Å². The summed E-state index contributed by atoms with van der Waals surface area (Å²) < 4.78 is 5.52. The number of unbranched alkanes of at least 4 members (excludes halogenated alkanes) is 1. The molecule has 1 saturated heterocycles. The van der Waals surface area contributed by atoms with Crippen LogP contribution in [0.2, 0.25) is 0 Å². The van der Waals surface area contributed by atoms with E-state index in [-0.39, 0.29) is 28.4 Å². The molecule has 0 spiro atoms. The fourth-order valence-corrected chi connectivity index (χ4v) is 4.99. The van der Waals surface area contributed by atoms with E-state index in [1.807, 2.05) is 17.8 Å². The van der Waals surface area contributed by atoms with Gasteiger partial charge in [-0.15, -0.1) is 11.8 Å². The zero-order chi connectivity index (χ0) is 21.7. The van der Waals surface area contributed by atoms with Crippen molar-refractivity contribution in [3.05, 3.63) is 68.8 Å². The Kier molecular flexibility index (Phi) is 7.53. The van der Waals surface area contributed by atoms with E-state index in [9.17, 15) is 14.9 Å². The molecule has 1 aliphatic rings. The summed E-state index contributed by atoms with van der Waals surface area (Å²) >= 11 is 1.89. The van der Waals surface area contributed by atoms with E-state index in [1.54, 1.807) is 19.1 Å². The van der Waals surface area contributed by atoms with Crippen LogP contribution in [0.3, 0.4) is 0 Å². The van der Waals surface area contributed by atoms with Crippen molar-refractivity contribution in [2.45, 2.75) is 57.3 Å². The Morgan fingerprint density at radius 3 is 2.67 bits per heavy atom. The molecule has 5 nitrogen and oxygen atoms in total. The third kappa shape index (κ3) is 5.42. The topological polar surface area (TPSA) is 69.4 Å². The maximum absolute atomic E-state index is 12.4. The summed E-state index contributed by atoms with van der Waals surface area (Å²) in [5.74, 6) is 0.761. The number of nitro benzene ring substituents is 1. The van der Waals surface area contributed by atoms with Gasteiger partial charge in [-0.1, -0.05) is 37.6 Å². The first-order chi connectivity index (χ1) is 14.4. The molecule has 160 valence electrons. The van der Waals surface area contributed by atoms with Gasteiger partial charge in [0.1, 0.15) is 0 Å². The van der Waals surface area contributed by atoms with Crippen molar-refractivity contribution in [3.63, 3.8) is 0 Å². The highest BCUT2D eigenvalue weighted by Crippen LogP contribution is 2.35. The third-order valence-corrected chi connectivity index (χ3v) is 6.96. The first kappa shape index (κ1) is 22.3. The van der Waals surface area contributed by atoms with Crippen LogP contribution >= 0.6 is 11.8 Å². The smallest absolute Gasteiger partial charge is 0.309 e. The number of esters is 1. The molecule has 1 unspecified atom stereocenters. The molecule has 1 heterocycles. The van der Waals surface area contributed by atoms with Gasteiger partial charge < -0.3 is 4.74 Å². The number of carbonyl (C=O) groups is 1. The number of hydrogen-bond acceptors (Lipinski definition) is 5. The third-order valence-electron chi connectivity index (χ3n) is 5.72. The van der Waals surface area contributed by atoms with E-state index in [2.05, 4.69) is 32.0 Å². The van der Waals surface area contributed by atoms with Crippen LogP contribution in [-0.2, 0) is 16.0 Å². The van der Waals surface area contributed by atoms with E-state index in [1.165, 1.54) is 28.9 Å². The number of hydrogen-bond donors (Lipinski definition) is 0. The van der Waals surface area contributed by atoms with Gasteiger partial charge in [0.05, 0.1) is 17.4 Å². The van der Waals surface area contributed by atoms with E-state index in [4.69, 9.17) is 4.74 Å². The highest BCUT2D eigenvalue weighted by atomic mass is 32.2. The maximum atomic E-state index is 12.4. The molecule has 0 radical (unpaired) electrons. The van der Waals surface area contributed by atoms with Crippen LogP contribution in [0.5, 0.6) is 0 Å². The van der Waals surface area contributed by atoms with Gasteiger partial charge in [-0.2, -0.15) is 0 Å². The van der Waals surface area contributed by atoms with Gasteiger partial charge in [-0.25, -0.2) is 0 Å². The van der Waals surface area contributed by atoms with Crippen LogP contribution in [0.25, 0.3) is 0 Å². The molecular formula is C24H29NO4S. The number of aryl methyl sites for hydroxylation is 2. The first-order valence-electron chi connectivity index (χ1n) is 10.5. The Morgan fingerprint density at radius 1 is 1.17 bits per heavy atom. The zero-order valence-electron chi connectivity index (χ0n) is 17.8. The number of benzene rings is 2. The van der Waals surface area contributed by atoms with Gasteiger partial charge >= 0.3 is 5.97 Å². The molecule has 30 heavy (non-hydrogen) atoms. The highest BCUT2D eigenvalue weighted by molar-refractivity contribution is 7.99. The molecule has 0 N–H and O–H groups in total. The number of cyclic esters (lactones) is 1. The largest absolute Gasteiger partial charge is 0.465 e. The highest BCUT2D eigenvalue weighted by Gasteiger charge is 2.32. The molecule has 2 aromatic rings. The summed E-state index contributed by atoms with van der Waals surface area (Å²) in [6, 6.07) is 11.7. The molecule has 2 aromatic carbocycles. The van der Waals surface area contributed by atoms with Crippen LogP contribution in [-0.4, -0.2) is 23.3 Å². The van der Waals surface area contributed by atoms with Crippen molar-refractivity contribution in [1.82, 2.24) is 0 Å². The fourth-order valence-electron chi connectivity index (χ4n) is 3.82.